The maximum absolute atomic E-state index is 12.9. The van der Waals surface area contributed by atoms with E-state index >= 15 is 0 Å². The van der Waals surface area contributed by atoms with Gasteiger partial charge in [-0.05, 0) is 18.2 Å². The third kappa shape index (κ3) is 7.03. The van der Waals surface area contributed by atoms with Gasteiger partial charge in [0.05, 0.1) is 44.3 Å². The average Bonchev–Trinajstić information content (AvgIpc) is 2.48. The molecule has 1 aromatic carbocycles. The number of benzene rings is 1. The number of carbonyl (C=O) groups is 1. The summed E-state index contributed by atoms with van der Waals surface area (Å²) in [4.78, 5) is 11.6. The highest BCUT2D eigenvalue weighted by Crippen LogP contribution is 2.12. The monoisotopic (exact) mass is 301 g/mol. The Morgan fingerprint density at radius 1 is 1.10 bits per heavy atom. The van der Waals surface area contributed by atoms with E-state index in [1.54, 1.807) is 7.11 Å². The fourth-order valence-electron chi connectivity index (χ4n) is 1.41. The van der Waals surface area contributed by atoms with Crippen LogP contribution in [0.1, 0.15) is 10.4 Å². The van der Waals surface area contributed by atoms with Crippen molar-refractivity contribution in [1.29, 1.82) is 0 Å². The number of hydrogen-bond donors (Lipinski definition) is 1. The fraction of sp³-hybridized carbons (Fsp3) is 0.500. The molecule has 0 unspecified atom stereocenters. The number of rotatable bonds is 10. The average molecular weight is 301 g/mol. The fourth-order valence-corrected chi connectivity index (χ4v) is 1.41. The number of nitrogen functional groups attached to an aromatic ring is 1. The van der Waals surface area contributed by atoms with Crippen LogP contribution in [0, 0.1) is 5.82 Å². The molecular formula is C14H20FNO5. The molecular weight excluding hydrogens is 281 g/mol. The van der Waals surface area contributed by atoms with E-state index in [0.717, 1.165) is 6.07 Å². The van der Waals surface area contributed by atoms with Crippen molar-refractivity contribution >= 4 is 11.7 Å². The number of hydrogen-bond acceptors (Lipinski definition) is 6. The number of ether oxygens (including phenoxy) is 4. The van der Waals surface area contributed by atoms with Crippen molar-refractivity contribution in [2.45, 2.75) is 0 Å². The van der Waals surface area contributed by atoms with Crippen LogP contribution in [0.4, 0.5) is 10.1 Å². The minimum Gasteiger partial charge on any atom is -0.460 e. The highest BCUT2D eigenvalue weighted by Gasteiger charge is 2.09. The molecule has 0 bridgehead atoms. The first kappa shape index (κ1) is 17.4. The zero-order chi connectivity index (χ0) is 15.5. The van der Waals surface area contributed by atoms with Crippen molar-refractivity contribution in [2.24, 2.45) is 0 Å². The van der Waals surface area contributed by atoms with E-state index in [1.165, 1.54) is 12.1 Å². The predicted octanol–water partition coefficient (Wildman–Crippen LogP) is 1.24. The molecule has 2 N–H and O–H groups in total. The molecule has 0 fully saturated rings. The van der Waals surface area contributed by atoms with E-state index in [1.807, 2.05) is 0 Å². The minimum absolute atomic E-state index is 0.0890. The molecule has 0 heterocycles. The molecule has 0 amide bonds. The number of esters is 1. The van der Waals surface area contributed by atoms with E-state index in [-0.39, 0.29) is 24.5 Å². The molecule has 0 aromatic heterocycles. The molecule has 0 aliphatic rings. The first-order chi connectivity index (χ1) is 10.1. The number of anilines is 1. The van der Waals surface area contributed by atoms with Gasteiger partial charge in [-0.1, -0.05) is 0 Å². The molecule has 0 spiro atoms. The van der Waals surface area contributed by atoms with Crippen molar-refractivity contribution in [3.05, 3.63) is 29.6 Å². The van der Waals surface area contributed by atoms with Gasteiger partial charge < -0.3 is 24.7 Å². The summed E-state index contributed by atoms with van der Waals surface area (Å²) in [7, 11) is 1.60. The molecule has 0 saturated carbocycles. The molecule has 0 aliphatic carbocycles. The third-order valence-corrected chi connectivity index (χ3v) is 2.50. The maximum atomic E-state index is 12.9. The second-order valence-corrected chi connectivity index (χ2v) is 4.09. The van der Waals surface area contributed by atoms with Crippen molar-refractivity contribution in [2.75, 3.05) is 52.5 Å². The zero-order valence-electron chi connectivity index (χ0n) is 12.0. The summed E-state index contributed by atoms with van der Waals surface area (Å²) in [6.07, 6.45) is 0. The number of nitrogens with two attached hydrogens (primary N) is 1. The van der Waals surface area contributed by atoms with Gasteiger partial charge in [-0.25, -0.2) is 9.18 Å². The first-order valence-corrected chi connectivity index (χ1v) is 6.51. The molecule has 1 rings (SSSR count). The maximum Gasteiger partial charge on any atom is 0.338 e. The summed E-state index contributed by atoms with van der Waals surface area (Å²) >= 11 is 0. The summed E-state index contributed by atoms with van der Waals surface area (Å²) in [5.41, 5.74) is 5.49. The van der Waals surface area contributed by atoms with Crippen molar-refractivity contribution in [3.63, 3.8) is 0 Å². The topological polar surface area (TPSA) is 80.0 Å². The SMILES string of the molecule is COCCOCCOCCOC(=O)c1ccc(F)c(N)c1. The third-order valence-electron chi connectivity index (χ3n) is 2.50. The molecule has 0 atom stereocenters. The van der Waals surface area contributed by atoms with Crippen LogP contribution in [0.5, 0.6) is 0 Å². The standard InChI is InChI=1S/C14H20FNO5/c1-18-4-5-19-6-7-20-8-9-21-14(17)11-2-3-12(15)13(16)10-11/h2-3,10H,4-9,16H2,1H3. The van der Waals surface area contributed by atoms with Crippen molar-refractivity contribution in [3.8, 4) is 0 Å². The van der Waals surface area contributed by atoms with E-state index < -0.39 is 11.8 Å². The van der Waals surface area contributed by atoms with Crippen LogP contribution < -0.4 is 5.73 Å². The lowest BCUT2D eigenvalue weighted by atomic mass is 10.2. The summed E-state index contributed by atoms with van der Waals surface area (Å²) in [5.74, 6) is -1.13. The second kappa shape index (κ2) is 10.1. The van der Waals surface area contributed by atoms with E-state index in [2.05, 4.69) is 0 Å². The number of methoxy groups -OCH3 is 1. The summed E-state index contributed by atoms with van der Waals surface area (Å²) < 4.78 is 33.1. The van der Waals surface area contributed by atoms with Gasteiger partial charge in [-0.15, -0.1) is 0 Å². The Hall–Kier alpha value is -1.70. The van der Waals surface area contributed by atoms with Gasteiger partial charge in [0.15, 0.2) is 0 Å². The van der Waals surface area contributed by atoms with Crippen LogP contribution in [0.3, 0.4) is 0 Å². The Morgan fingerprint density at radius 3 is 2.33 bits per heavy atom. The Balaban J connectivity index is 2.09. The summed E-state index contributed by atoms with van der Waals surface area (Å²) in [5, 5.41) is 0. The lowest BCUT2D eigenvalue weighted by Gasteiger charge is -2.07. The minimum atomic E-state index is -0.568. The Morgan fingerprint density at radius 2 is 1.71 bits per heavy atom. The van der Waals surface area contributed by atoms with Gasteiger partial charge in [-0.3, -0.25) is 0 Å². The molecule has 118 valence electrons. The Kier molecular flexibility index (Phi) is 8.34. The van der Waals surface area contributed by atoms with Crippen LogP contribution in [-0.2, 0) is 18.9 Å². The van der Waals surface area contributed by atoms with Crippen LogP contribution in [-0.4, -0.2) is 52.7 Å². The van der Waals surface area contributed by atoms with E-state index in [9.17, 15) is 9.18 Å². The second-order valence-electron chi connectivity index (χ2n) is 4.09. The smallest absolute Gasteiger partial charge is 0.338 e. The van der Waals surface area contributed by atoms with Crippen LogP contribution in [0.25, 0.3) is 0 Å². The molecule has 21 heavy (non-hydrogen) atoms. The Labute approximate surface area is 122 Å². The van der Waals surface area contributed by atoms with Crippen LogP contribution in [0.15, 0.2) is 18.2 Å². The summed E-state index contributed by atoms with van der Waals surface area (Å²) in [6, 6.07) is 3.68. The van der Waals surface area contributed by atoms with Gasteiger partial charge >= 0.3 is 5.97 Å². The van der Waals surface area contributed by atoms with Gasteiger partial charge in [0.25, 0.3) is 0 Å². The van der Waals surface area contributed by atoms with Crippen LogP contribution >= 0.6 is 0 Å². The lowest BCUT2D eigenvalue weighted by molar-refractivity contribution is 0.00570. The number of halogens is 1. The molecule has 6 nitrogen and oxygen atoms in total. The highest BCUT2D eigenvalue weighted by atomic mass is 19.1. The molecule has 0 radical (unpaired) electrons. The molecule has 7 heteroatoms. The normalized spacial score (nSPS) is 10.6. The number of carbonyl (C=O) groups excluding carboxylic acids is 1. The predicted molar refractivity (Wildman–Crippen MR) is 74.6 cm³/mol. The van der Waals surface area contributed by atoms with Gasteiger partial charge in [-0.2, -0.15) is 0 Å². The Bertz CT molecular complexity index is 441. The van der Waals surface area contributed by atoms with Gasteiger partial charge in [0.2, 0.25) is 0 Å². The largest absolute Gasteiger partial charge is 0.460 e. The van der Waals surface area contributed by atoms with Gasteiger partial charge in [0.1, 0.15) is 12.4 Å². The zero-order valence-corrected chi connectivity index (χ0v) is 12.0. The van der Waals surface area contributed by atoms with Crippen LogP contribution in [0.2, 0.25) is 0 Å². The van der Waals surface area contributed by atoms with Crippen molar-refractivity contribution < 1.29 is 28.1 Å². The first-order valence-electron chi connectivity index (χ1n) is 6.51. The molecule has 0 saturated heterocycles. The lowest BCUT2D eigenvalue weighted by Crippen LogP contribution is -2.14. The summed E-state index contributed by atoms with van der Waals surface area (Å²) in [6.45, 7) is 2.28. The van der Waals surface area contributed by atoms with E-state index in [4.69, 9.17) is 24.7 Å². The van der Waals surface area contributed by atoms with Crippen molar-refractivity contribution in [1.82, 2.24) is 0 Å². The molecule has 0 aliphatic heterocycles. The van der Waals surface area contributed by atoms with E-state index in [0.29, 0.717) is 26.4 Å². The quantitative estimate of drug-likeness (QED) is 0.398. The highest BCUT2D eigenvalue weighted by molar-refractivity contribution is 5.90. The molecule has 1 aromatic rings. The van der Waals surface area contributed by atoms with Gasteiger partial charge in [0, 0.05) is 7.11 Å².